The third-order valence-electron chi connectivity index (χ3n) is 3.62. The molecular formula is C18H18FNO. The molecule has 1 atom stereocenters. The third-order valence-corrected chi connectivity index (χ3v) is 3.62. The highest BCUT2D eigenvalue weighted by atomic mass is 19.1. The van der Waals surface area contributed by atoms with E-state index in [1.54, 1.807) is 0 Å². The summed E-state index contributed by atoms with van der Waals surface area (Å²) in [7, 11) is 0. The SMILES string of the molecule is CCC(C)c1ccccc1OCc1cc(C#N)ccc1F. The van der Waals surface area contributed by atoms with Crippen LogP contribution in [-0.2, 0) is 6.61 Å². The van der Waals surface area contributed by atoms with Gasteiger partial charge in [-0.05, 0) is 42.2 Å². The zero-order chi connectivity index (χ0) is 15.2. The molecule has 2 aromatic rings. The summed E-state index contributed by atoms with van der Waals surface area (Å²) in [6.07, 6.45) is 1.01. The van der Waals surface area contributed by atoms with Gasteiger partial charge in [-0.15, -0.1) is 0 Å². The molecule has 2 aromatic carbocycles. The molecule has 21 heavy (non-hydrogen) atoms. The van der Waals surface area contributed by atoms with Gasteiger partial charge in [0.15, 0.2) is 0 Å². The lowest BCUT2D eigenvalue weighted by atomic mass is 9.98. The van der Waals surface area contributed by atoms with Crippen molar-refractivity contribution < 1.29 is 9.13 Å². The first-order valence-corrected chi connectivity index (χ1v) is 7.06. The van der Waals surface area contributed by atoms with E-state index in [1.165, 1.54) is 18.2 Å². The van der Waals surface area contributed by atoms with Crippen molar-refractivity contribution in [2.45, 2.75) is 32.8 Å². The summed E-state index contributed by atoms with van der Waals surface area (Å²) < 4.78 is 19.5. The lowest BCUT2D eigenvalue weighted by molar-refractivity contribution is 0.295. The van der Waals surface area contributed by atoms with Crippen LogP contribution in [0.1, 0.15) is 42.9 Å². The average Bonchev–Trinajstić information content (AvgIpc) is 2.53. The molecule has 3 heteroatoms. The van der Waals surface area contributed by atoms with Crippen molar-refractivity contribution in [1.29, 1.82) is 5.26 Å². The predicted molar refractivity (Wildman–Crippen MR) is 80.6 cm³/mol. The highest BCUT2D eigenvalue weighted by Gasteiger charge is 2.11. The van der Waals surface area contributed by atoms with Gasteiger partial charge in [0.25, 0.3) is 0 Å². The fourth-order valence-electron chi connectivity index (χ4n) is 2.15. The molecule has 0 bridgehead atoms. The summed E-state index contributed by atoms with van der Waals surface area (Å²) in [5, 5.41) is 8.87. The first-order chi connectivity index (χ1) is 10.2. The van der Waals surface area contributed by atoms with Crippen molar-refractivity contribution in [3.63, 3.8) is 0 Å². The molecule has 0 saturated carbocycles. The van der Waals surface area contributed by atoms with E-state index in [2.05, 4.69) is 13.8 Å². The van der Waals surface area contributed by atoms with Gasteiger partial charge in [-0.1, -0.05) is 32.0 Å². The molecule has 0 fully saturated rings. The van der Waals surface area contributed by atoms with Gasteiger partial charge < -0.3 is 4.74 Å². The number of hydrogen-bond donors (Lipinski definition) is 0. The molecule has 108 valence electrons. The van der Waals surface area contributed by atoms with Crippen molar-refractivity contribution in [1.82, 2.24) is 0 Å². The maximum atomic E-state index is 13.7. The molecule has 1 unspecified atom stereocenters. The highest BCUT2D eigenvalue weighted by molar-refractivity contribution is 5.37. The summed E-state index contributed by atoms with van der Waals surface area (Å²) in [6, 6.07) is 14.1. The van der Waals surface area contributed by atoms with Crippen molar-refractivity contribution in [2.75, 3.05) is 0 Å². The fraction of sp³-hybridized carbons (Fsp3) is 0.278. The molecule has 0 saturated heterocycles. The Morgan fingerprint density at radius 2 is 2.00 bits per heavy atom. The molecule has 0 aromatic heterocycles. The Morgan fingerprint density at radius 3 is 2.71 bits per heavy atom. The number of halogens is 1. The Hall–Kier alpha value is -2.34. The molecule has 0 spiro atoms. The lowest BCUT2D eigenvalue weighted by Crippen LogP contribution is -2.03. The predicted octanol–water partition coefficient (Wildman–Crippen LogP) is 4.79. The van der Waals surface area contributed by atoms with Gasteiger partial charge in [0.05, 0.1) is 11.6 Å². The van der Waals surface area contributed by atoms with Crippen molar-refractivity contribution in [2.24, 2.45) is 0 Å². The van der Waals surface area contributed by atoms with E-state index in [1.807, 2.05) is 30.3 Å². The summed E-state index contributed by atoms with van der Waals surface area (Å²) in [5.74, 6) is 0.806. The Kier molecular flexibility index (Phi) is 4.94. The molecule has 0 heterocycles. The second-order valence-corrected chi connectivity index (χ2v) is 5.05. The number of rotatable bonds is 5. The van der Waals surface area contributed by atoms with Crippen LogP contribution in [0.4, 0.5) is 4.39 Å². The first kappa shape index (κ1) is 15.1. The minimum absolute atomic E-state index is 0.120. The average molecular weight is 283 g/mol. The van der Waals surface area contributed by atoms with E-state index in [4.69, 9.17) is 10.00 Å². The lowest BCUT2D eigenvalue weighted by Gasteiger charge is -2.16. The van der Waals surface area contributed by atoms with Crippen LogP contribution in [0.15, 0.2) is 42.5 Å². The summed E-state index contributed by atoms with van der Waals surface area (Å²) in [5.41, 5.74) is 1.95. The molecule has 2 rings (SSSR count). The van der Waals surface area contributed by atoms with E-state index >= 15 is 0 Å². The second kappa shape index (κ2) is 6.90. The molecule has 0 aliphatic rings. The highest BCUT2D eigenvalue weighted by Crippen LogP contribution is 2.29. The van der Waals surface area contributed by atoms with E-state index in [0.717, 1.165) is 17.7 Å². The van der Waals surface area contributed by atoms with Crippen LogP contribution >= 0.6 is 0 Å². The number of nitriles is 1. The molecule has 0 aliphatic heterocycles. The van der Waals surface area contributed by atoms with Crippen LogP contribution in [0.3, 0.4) is 0 Å². The number of ether oxygens (including phenoxy) is 1. The number of nitrogens with zero attached hydrogens (tertiary/aromatic N) is 1. The smallest absolute Gasteiger partial charge is 0.129 e. The number of benzene rings is 2. The Labute approximate surface area is 124 Å². The minimum Gasteiger partial charge on any atom is -0.489 e. The third kappa shape index (κ3) is 3.61. The van der Waals surface area contributed by atoms with Gasteiger partial charge in [0.1, 0.15) is 18.2 Å². The van der Waals surface area contributed by atoms with Gasteiger partial charge in [-0.25, -0.2) is 4.39 Å². The van der Waals surface area contributed by atoms with Crippen molar-refractivity contribution >= 4 is 0 Å². The summed E-state index contributed by atoms with van der Waals surface area (Å²) in [4.78, 5) is 0. The van der Waals surface area contributed by atoms with Crippen LogP contribution in [-0.4, -0.2) is 0 Å². The number of hydrogen-bond acceptors (Lipinski definition) is 2. The van der Waals surface area contributed by atoms with Crippen LogP contribution in [0.5, 0.6) is 5.75 Å². The van der Waals surface area contributed by atoms with Gasteiger partial charge in [-0.2, -0.15) is 5.26 Å². The Balaban J connectivity index is 2.19. The van der Waals surface area contributed by atoms with E-state index in [9.17, 15) is 4.39 Å². The zero-order valence-corrected chi connectivity index (χ0v) is 12.3. The van der Waals surface area contributed by atoms with Gasteiger partial charge in [0.2, 0.25) is 0 Å². The van der Waals surface area contributed by atoms with Crippen molar-refractivity contribution in [3.8, 4) is 11.8 Å². The molecular weight excluding hydrogens is 265 g/mol. The monoisotopic (exact) mass is 283 g/mol. The normalized spacial score (nSPS) is 11.7. The van der Waals surface area contributed by atoms with Crippen LogP contribution in [0.25, 0.3) is 0 Å². The second-order valence-electron chi connectivity index (χ2n) is 5.05. The Morgan fingerprint density at radius 1 is 1.24 bits per heavy atom. The summed E-state index contributed by atoms with van der Waals surface area (Å²) in [6.45, 7) is 4.38. The van der Waals surface area contributed by atoms with E-state index in [-0.39, 0.29) is 12.4 Å². The van der Waals surface area contributed by atoms with E-state index < -0.39 is 0 Å². The van der Waals surface area contributed by atoms with Crippen LogP contribution in [0, 0.1) is 17.1 Å². The van der Waals surface area contributed by atoms with Gasteiger partial charge in [-0.3, -0.25) is 0 Å². The largest absolute Gasteiger partial charge is 0.489 e. The zero-order valence-electron chi connectivity index (χ0n) is 12.3. The maximum absolute atomic E-state index is 13.7. The minimum atomic E-state index is -0.352. The molecule has 2 nitrogen and oxygen atoms in total. The number of para-hydroxylation sites is 1. The summed E-state index contributed by atoms with van der Waals surface area (Å²) >= 11 is 0. The topological polar surface area (TPSA) is 33.0 Å². The van der Waals surface area contributed by atoms with Gasteiger partial charge in [0, 0.05) is 5.56 Å². The molecule has 0 amide bonds. The van der Waals surface area contributed by atoms with E-state index in [0.29, 0.717) is 17.0 Å². The van der Waals surface area contributed by atoms with Crippen LogP contribution < -0.4 is 4.74 Å². The standard InChI is InChI=1S/C18H18FNO/c1-3-13(2)16-6-4-5-7-18(16)21-12-15-10-14(11-20)8-9-17(15)19/h4-10,13H,3,12H2,1-2H3. The Bertz CT molecular complexity index is 661. The van der Waals surface area contributed by atoms with Gasteiger partial charge >= 0.3 is 0 Å². The maximum Gasteiger partial charge on any atom is 0.129 e. The molecule has 0 N–H and O–H groups in total. The molecule has 0 radical (unpaired) electrons. The quantitative estimate of drug-likeness (QED) is 0.790. The van der Waals surface area contributed by atoms with Crippen molar-refractivity contribution in [3.05, 3.63) is 65.0 Å². The molecule has 0 aliphatic carbocycles. The van der Waals surface area contributed by atoms with Crippen LogP contribution in [0.2, 0.25) is 0 Å². The fourth-order valence-corrected chi connectivity index (χ4v) is 2.15. The first-order valence-electron chi connectivity index (χ1n) is 7.06.